The largest absolute Gasteiger partial charge is 0.351 e. The summed E-state index contributed by atoms with van der Waals surface area (Å²) in [7, 11) is 0. The van der Waals surface area contributed by atoms with Crippen molar-refractivity contribution in [1.82, 2.24) is 9.47 Å². The number of thioether (sulfide) groups is 1. The van der Waals surface area contributed by atoms with E-state index in [1.54, 1.807) is 24.3 Å². The van der Waals surface area contributed by atoms with E-state index in [0.29, 0.717) is 20.5 Å². The zero-order valence-corrected chi connectivity index (χ0v) is 20.1. The first-order valence-corrected chi connectivity index (χ1v) is 12.4. The average molecular weight is 509 g/mol. The number of fused-ring (bicyclic) bond motifs is 2. The quantitative estimate of drug-likeness (QED) is 0.521. The molecule has 5 amide bonds. The molecular weight excluding hydrogens is 488 g/mol. The van der Waals surface area contributed by atoms with Crippen LogP contribution in [0.15, 0.2) is 64.4 Å². The van der Waals surface area contributed by atoms with Crippen molar-refractivity contribution in [3.05, 3.63) is 80.3 Å². The summed E-state index contributed by atoms with van der Waals surface area (Å²) in [6.45, 7) is 1.68. The van der Waals surface area contributed by atoms with E-state index in [1.807, 2.05) is 37.3 Å². The van der Waals surface area contributed by atoms with E-state index in [9.17, 15) is 24.0 Å². The molecule has 2 aliphatic rings. The standard InChI is InChI=1S/C24H20N4O5S2/c1-12-7-9-14(10-8-12)26-15(29)11-27-22-19(35-24(27)33)16(13-5-3-2-4-6-13)17-18(34-22)21(31)28(20(17)30)23(25)32/h2-10,16-18H,11H2,1H3,(H2,25,32)(H,26,29). The molecule has 11 heteroatoms. The van der Waals surface area contributed by atoms with Gasteiger partial charge in [-0.1, -0.05) is 71.1 Å². The summed E-state index contributed by atoms with van der Waals surface area (Å²) in [5.74, 6) is -3.30. The number of benzene rings is 2. The second-order valence-electron chi connectivity index (χ2n) is 8.34. The fraction of sp³-hybridized carbons (Fsp3) is 0.208. The number of likely N-dealkylation sites (tertiary alicyclic amines) is 1. The number of carbonyl (C=O) groups is 4. The number of aryl methyl sites for hydroxylation is 1. The van der Waals surface area contributed by atoms with E-state index in [0.717, 1.165) is 34.2 Å². The van der Waals surface area contributed by atoms with E-state index in [4.69, 9.17) is 5.73 Å². The minimum absolute atomic E-state index is 0.258. The molecule has 1 fully saturated rings. The summed E-state index contributed by atoms with van der Waals surface area (Å²) < 4.78 is 1.32. The summed E-state index contributed by atoms with van der Waals surface area (Å²) >= 11 is 1.97. The fourth-order valence-corrected chi connectivity index (χ4v) is 7.25. The van der Waals surface area contributed by atoms with Crippen LogP contribution in [0.2, 0.25) is 0 Å². The lowest BCUT2D eigenvalue weighted by Gasteiger charge is -2.30. The second kappa shape index (κ2) is 8.82. The molecule has 3 aromatic rings. The highest BCUT2D eigenvalue weighted by Crippen LogP contribution is 2.53. The van der Waals surface area contributed by atoms with Gasteiger partial charge in [0, 0.05) is 16.5 Å². The van der Waals surface area contributed by atoms with Crippen molar-refractivity contribution in [1.29, 1.82) is 0 Å². The van der Waals surface area contributed by atoms with Crippen molar-refractivity contribution in [3.8, 4) is 0 Å². The highest BCUT2D eigenvalue weighted by atomic mass is 32.2. The van der Waals surface area contributed by atoms with Crippen molar-refractivity contribution in [3.63, 3.8) is 0 Å². The summed E-state index contributed by atoms with van der Waals surface area (Å²) in [6, 6.07) is 15.2. The Labute approximate surface area is 207 Å². The van der Waals surface area contributed by atoms with Crippen LogP contribution >= 0.6 is 23.1 Å². The maximum atomic E-state index is 13.1. The first kappa shape index (κ1) is 23.1. The monoisotopic (exact) mass is 508 g/mol. The molecule has 3 N–H and O–H groups in total. The van der Waals surface area contributed by atoms with Gasteiger partial charge < -0.3 is 11.1 Å². The van der Waals surface area contributed by atoms with Crippen LogP contribution in [0.25, 0.3) is 0 Å². The molecule has 3 unspecified atom stereocenters. The van der Waals surface area contributed by atoms with Gasteiger partial charge in [-0.15, -0.1) is 0 Å². The number of aromatic nitrogens is 1. The van der Waals surface area contributed by atoms with E-state index in [-0.39, 0.29) is 11.4 Å². The number of carbonyl (C=O) groups excluding carboxylic acids is 4. The lowest BCUT2D eigenvalue weighted by Crippen LogP contribution is -2.41. The molecule has 35 heavy (non-hydrogen) atoms. The molecule has 1 saturated heterocycles. The summed E-state index contributed by atoms with van der Waals surface area (Å²) in [4.78, 5) is 64.5. The Bertz CT molecular complexity index is 1410. The summed E-state index contributed by atoms with van der Waals surface area (Å²) in [5.41, 5.74) is 7.71. The third kappa shape index (κ3) is 3.96. The fourth-order valence-electron chi connectivity index (χ4n) is 4.47. The number of imide groups is 3. The number of hydrogen-bond donors (Lipinski definition) is 2. The Kier molecular flexibility index (Phi) is 5.81. The Balaban J connectivity index is 1.55. The SMILES string of the molecule is Cc1ccc(NC(=O)Cn2c3c(sc2=O)C(c2ccccc2)C2C(=O)N(C(N)=O)C(=O)C2S3)cc1. The predicted octanol–water partition coefficient (Wildman–Crippen LogP) is 2.53. The van der Waals surface area contributed by atoms with Gasteiger partial charge in [-0.25, -0.2) is 4.79 Å². The van der Waals surface area contributed by atoms with Crippen molar-refractivity contribution in [2.45, 2.75) is 29.7 Å². The molecule has 0 radical (unpaired) electrons. The maximum absolute atomic E-state index is 13.1. The van der Waals surface area contributed by atoms with Gasteiger partial charge in [0.15, 0.2) is 0 Å². The van der Waals surface area contributed by atoms with E-state index < -0.39 is 40.8 Å². The molecule has 3 atom stereocenters. The number of primary amides is 1. The minimum Gasteiger partial charge on any atom is -0.351 e. The van der Waals surface area contributed by atoms with Crippen LogP contribution in [-0.4, -0.2) is 38.5 Å². The van der Waals surface area contributed by atoms with Gasteiger partial charge in [-0.2, -0.15) is 4.90 Å². The highest BCUT2D eigenvalue weighted by Gasteiger charge is 2.57. The van der Waals surface area contributed by atoms with Gasteiger partial charge in [-0.3, -0.25) is 23.7 Å². The molecule has 0 saturated carbocycles. The van der Waals surface area contributed by atoms with Crippen LogP contribution in [0.3, 0.4) is 0 Å². The van der Waals surface area contributed by atoms with Crippen LogP contribution < -0.4 is 15.9 Å². The summed E-state index contributed by atoms with van der Waals surface area (Å²) in [5, 5.41) is 2.28. The van der Waals surface area contributed by atoms with Gasteiger partial charge in [0.05, 0.1) is 10.9 Å². The van der Waals surface area contributed by atoms with E-state index >= 15 is 0 Å². The molecular formula is C24H20N4O5S2. The van der Waals surface area contributed by atoms with E-state index in [1.165, 1.54) is 4.57 Å². The molecule has 1 aromatic heterocycles. The smallest absolute Gasteiger partial charge is 0.328 e. The van der Waals surface area contributed by atoms with Crippen molar-refractivity contribution in [2.75, 3.05) is 5.32 Å². The zero-order chi connectivity index (χ0) is 24.9. The first-order valence-electron chi connectivity index (χ1n) is 10.7. The van der Waals surface area contributed by atoms with Gasteiger partial charge >= 0.3 is 10.9 Å². The maximum Gasteiger partial charge on any atom is 0.328 e. The van der Waals surface area contributed by atoms with Crippen molar-refractivity contribution in [2.24, 2.45) is 11.7 Å². The van der Waals surface area contributed by atoms with Crippen LogP contribution in [0.5, 0.6) is 0 Å². The number of urea groups is 1. The van der Waals surface area contributed by atoms with Crippen LogP contribution in [-0.2, 0) is 20.9 Å². The van der Waals surface area contributed by atoms with E-state index in [2.05, 4.69) is 5.32 Å². The third-order valence-electron chi connectivity index (χ3n) is 6.07. The average Bonchev–Trinajstić information content (AvgIpc) is 3.27. The molecule has 0 aliphatic carbocycles. The highest BCUT2D eigenvalue weighted by molar-refractivity contribution is 8.00. The predicted molar refractivity (Wildman–Crippen MR) is 131 cm³/mol. The molecule has 9 nitrogen and oxygen atoms in total. The molecule has 2 aromatic carbocycles. The number of rotatable bonds is 4. The van der Waals surface area contributed by atoms with Gasteiger partial charge in [0.2, 0.25) is 11.8 Å². The normalized spacial score (nSPS) is 20.9. The van der Waals surface area contributed by atoms with Crippen LogP contribution in [0.1, 0.15) is 21.9 Å². The van der Waals surface area contributed by atoms with Crippen LogP contribution in [0.4, 0.5) is 10.5 Å². The Morgan fingerprint density at radius 3 is 2.34 bits per heavy atom. The zero-order valence-electron chi connectivity index (χ0n) is 18.5. The summed E-state index contributed by atoms with van der Waals surface area (Å²) in [6.07, 6.45) is 0. The van der Waals surface area contributed by atoms with Gasteiger partial charge in [-0.05, 0) is 24.6 Å². The molecule has 5 rings (SSSR count). The minimum atomic E-state index is -1.12. The number of amides is 5. The lowest BCUT2D eigenvalue weighted by molar-refractivity contribution is -0.135. The van der Waals surface area contributed by atoms with Gasteiger partial charge in [0.25, 0.3) is 5.91 Å². The number of anilines is 1. The number of thiazole rings is 1. The Morgan fingerprint density at radius 2 is 1.69 bits per heavy atom. The van der Waals surface area contributed by atoms with Crippen molar-refractivity contribution < 1.29 is 19.2 Å². The lowest BCUT2D eigenvalue weighted by atomic mass is 9.83. The molecule has 0 bridgehead atoms. The number of hydrogen-bond acceptors (Lipinski definition) is 7. The molecule has 3 heterocycles. The topological polar surface area (TPSA) is 132 Å². The molecule has 0 spiro atoms. The second-order valence-corrected chi connectivity index (χ2v) is 10.5. The Hall–Kier alpha value is -3.70. The third-order valence-corrected chi connectivity index (χ3v) is 8.67. The number of nitrogens with zero attached hydrogens (tertiary/aromatic N) is 2. The number of nitrogens with one attached hydrogen (secondary N) is 1. The number of nitrogens with two attached hydrogens (primary N) is 1. The first-order chi connectivity index (χ1) is 16.8. The Morgan fingerprint density at radius 1 is 1.00 bits per heavy atom. The van der Waals surface area contributed by atoms with Crippen molar-refractivity contribution >= 4 is 52.5 Å². The van der Waals surface area contributed by atoms with Crippen LogP contribution in [0, 0.1) is 12.8 Å². The molecule has 2 aliphatic heterocycles. The van der Waals surface area contributed by atoms with Gasteiger partial charge in [0.1, 0.15) is 11.8 Å². The molecule has 178 valence electrons.